The van der Waals surface area contributed by atoms with E-state index in [2.05, 4.69) is 10.6 Å². The average Bonchev–Trinajstić information content (AvgIpc) is 2.28. The lowest BCUT2D eigenvalue weighted by atomic mass is 9.93. The SMILES string of the molecule is CC1NC(C)C(c2cccc(F)c2)NC1C(N)=O. The Morgan fingerprint density at radius 3 is 2.61 bits per heavy atom. The highest BCUT2D eigenvalue weighted by Gasteiger charge is 2.35. The average molecular weight is 251 g/mol. The van der Waals surface area contributed by atoms with Gasteiger partial charge in [-0.05, 0) is 31.5 Å². The molecule has 1 aliphatic rings. The van der Waals surface area contributed by atoms with Crippen LogP contribution in [0.1, 0.15) is 25.5 Å². The van der Waals surface area contributed by atoms with Crippen LogP contribution in [0.25, 0.3) is 0 Å². The Kier molecular flexibility index (Phi) is 3.63. The van der Waals surface area contributed by atoms with E-state index < -0.39 is 11.9 Å². The molecule has 1 saturated heterocycles. The molecule has 0 spiro atoms. The molecule has 0 aliphatic carbocycles. The van der Waals surface area contributed by atoms with Crippen LogP contribution in [-0.2, 0) is 4.79 Å². The number of rotatable bonds is 2. The maximum Gasteiger partial charge on any atom is 0.236 e. The van der Waals surface area contributed by atoms with Crippen molar-refractivity contribution in [3.63, 3.8) is 0 Å². The first-order valence-corrected chi connectivity index (χ1v) is 6.06. The molecular formula is C13H18FN3O. The lowest BCUT2D eigenvalue weighted by Gasteiger charge is -2.40. The number of primary amides is 1. The summed E-state index contributed by atoms with van der Waals surface area (Å²) in [6, 6.07) is 5.86. The number of amides is 1. The van der Waals surface area contributed by atoms with Crippen LogP contribution in [0.3, 0.4) is 0 Å². The van der Waals surface area contributed by atoms with Gasteiger partial charge >= 0.3 is 0 Å². The van der Waals surface area contributed by atoms with Crippen LogP contribution in [0.5, 0.6) is 0 Å². The lowest BCUT2D eigenvalue weighted by molar-refractivity contribution is -0.121. The molecule has 1 fully saturated rings. The van der Waals surface area contributed by atoms with Crippen LogP contribution in [-0.4, -0.2) is 24.0 Å². The lowest BCUT2D eigenvalue weighted by Crippen LogP contribution is -2.64. The summed E-state index contributed by atoms with van der Waals surface area (Å²) in [6.45, 7) is 3.90. The first-order valence-electron chi connectivity index (χ1n) is 6.06. The maximum atomic E-state index is 13.2. The number of piperazine rings is 1. The molecule has 1 aromatic rings. The van der Waals surface area contributed by atoms with Crippen LogP contribution >= 0.6 is 0 Å². The smallest absolute Gasteiger partial charge is 0.236 e. The van der Waals surface area contributed by atoms with Crippen LogP contribution < -0.4 is 16.4 Å². The molecule has 4 atom stereocenters. The summed E-state index contributed by atoms with van der Waals surface area (Å²) < 4.78 is 13.2. The van der Waals surface area contributed by atoms with E-state index in [0.29, 0.717) is 0 Å². The third kappa shape index (κ3) is 2.52. The van der Waals surface area contributed by atoms with Crippen molar-refractivity contribution in [1.29, 1.82) is 0 Å². The molecule has 4 N–H and O–H groups in total. The standard InChI is InChI=1S/C13H18FN3O/c1-7-11(9-4-3-5-10(14)6-9)17-12(13(15)18)8(2)16-7/h3-8,11-12,16-17H,1-2H3,(H2,15,18). The molecule has 1 aliphatic heterocycles. The van der Waals surface area contributed by atoms with Crippen molar-refractivity contribution in [1.82, 2.24) is 10.6 Å². The van der Waals surface area contributed by atoms with E-state index in [1.165, 1.54) is 12.1 Å². The highest BCUT2D eigenvalue weighted by molar-refractivity contribution is 5.81. The Morgan fingerprint density at radius 2 is 2.00 bits per heavy atom. The van der Waals surface area contributed by atoms with Gasteiger partial charge in [0.2, 0.25) is 5.91 Å². The molecule has 0 saturated carbocycles. The minimum absolute atomic E-state index is 0.0395. The Bertz CT molecular complexity index is 452. The summed E-state index contributed by atoms with van der Waals surface area (Å²) in [5.41, 5.74) is 6.17. The molecule has 4 nitrogen and oxygen atoms in total. The van der Waals surface area contributed by atoms with Gasteiger partial charge in [-0.1, -0.05) is 12.1 Å². The largest absolute Gasteiger partial charge is 0.368 e. The quantitative estimate of drug-likeness (QED) is 0.724. The molecule has 0 radical (unpaired) electrons. The van der Waals surface area contributed by atoms with Crippen LogP contribution in [0.2, 0.25) is 0 Å². The second kappa shape index (κ2) is 5.04. The minimum Gasteiger partial charge on any atom is -0.368 e. The zero-order valence-electron chi connectivity index (χ0n) is 10.5. The third-order valence-corrected chi connectivity index (χ3v) is 3.40. The molecule has 98 valence electrons. The summed E-state index contributed by atoms with van der Waals surface area (Å²) in [5, 5.41) is 6.49. The highest BCUT2D eigenvalue weighted by atomic mass is 19.1. The van der Waals surface area contributed by atoms with Crippen molar-refractivity contribution >= 4 is 5.91 Å². The molecule has 4 unspecified atom stereocenters. The van der Waals surface area contributed by atoms with E-state index in [9.17, 15) is 9.18 Å². The molecule has 1 heterocycles. The van der Waals surface area contributed by atoms with Gasteiger partial charge < -0.3 is 11.1 Å². The molecule has 1 aromatic carbocycles. The first kappa shape index (κ1) is 13.0. The predicted molar refractivity (Wildman–Crippen MR) is 67.3 cm³/mol. The molecular weight excluding hydrogens is 233 g/mol. The van der Waals surface area contributed by atoms with Crippen LogP contribution in [0.4, 0.5) is 4.39 Å². The topological polar surface area (TPSA) is 67.2 Å². The van der Waals surface area contributed by atoms with Crippen molar-refractivity contribution in [2.75, 3.05) is 0 Å². The van der Waals surface area contributed by atoms with Crippen LogP contribution in [0, 0.1) is 5.82 Å². The summed E-state index contributed by atoms with van der Waals surface area (Å²) in [4.78, 5) is 11.4. The predicted octanol–water partition coefficient (Wildman–Crippen LogP) is 0.691. The normalized spacial score (nSPS) is 32.2. The summed E-state index contributed by atoms with van der Waals surface area (Å²) >= 11 is 0. The Labute approximate surface area is 106 Å². The van der Waals surface area contributed by atoms with Crippen molar-refractivity contribution < 1.29 is 9.18 Å². The summed E-state index contributed by atoms with van der Waals surface area (Å²) in [6.07, 6.45) is 0. The maximum absolute atomic E-state index is 13.2. The number of carbonyl (C=O) groups excluding carboxylic acids is 1. The van der Waals surface area contributed by atoms with E-state index in [0.717, 1.165) is 5.56 Å². The second-order valence-electron chi connectivity index (χ2n) is 4.82. The minimum atomic E-state index is -0.450. The van der Waals surface area contributed by atoms with Crippen molar-refractivity contribution in [2.24, 2.45) is 5.73 Å². The van der Waals surface area contributed by atoms with Crippen LogP contribution in [0.15, 0.2) is 24.3 Å². The Hall–Kier alpha value is -1.46. The number of hydrogen-bond acceptors (Lipinski definition) is 3. The zero-order valence-corrected chi connectivity index (χ0v) is 10.5. The molecule has 2 rings (SSSR count). The molecule has 5 heteroatoms. The van der Waals surface area contributed by atoms with Crippen molar-refractivity contribution in [3.8, 4) is 0 Å². The van der Waals surface area contributed by atoms with Gasteiger partial charge in [0.25, 0.3) is 0 Å². The number of nitrogens with two attached hydrogens (primary N) is 1. The Morgan fingerprint density at radius 1 is 1.28 bits per heavy atom. The van der Waals surface area contributed by atoms with E-state index in [4.69, 9.17) is 5.73 Å². The monoisotopic (exact) mass is 251 g/mol. The van der Waals surface area contributed by atoms with Gasteiger partial charge in [-0.15, -0.1) is 0 Å². The highest BCUT2D eigenvalue weighted by Crippen LogP contribution is 2.23. The molecule has 0 aromatic heterocycles. The molecule has 18 heavy (non-hydrogen) atoms. The van der Waals surface area contributed by atoms with Gasteiger partial charge in [-0.2, -0.15) is 0 Å². The first-order chi connectivity index (χ1) is 8.49. The fraction of sp³-hybridized carbons (Fsp3) is 0.462. The molecule has 0 bridgehead atoms. The number of carbonyl (C=O) groups is 1. The van der Waals surface area contributed by atoms with Crippen molar-refractivity contribution in [2.45, 2.75) is 38.0 Å². The third-order valence-electron chi connectivity index (χ3n) is 3.40. The van der Waals surface area contributed by atoms with Gasteiger partial charge in [0.15, 0.2) is 0 Å². The van der Waals surface area contributed by atoms with Gasteiger partial charge in [-0.3, -0.25) is 10.1 Å². The van der Waals surface area contributed by atoms with Gasteiger partial charge in [-0.25, -0.2) is 4.39 Å². The van der Waals surface area contributed by atoms with Gasteiger partial charge in [0, 0.05) is 18.1 Å². The number of benzene rings is 1. The number of halogens is 1. The summed E-state index contributed by atoms with van der Waals surface area (Å²) in [5.74, 6) is -0.681. The number of nitrogens with one attached hydrogen (secondary N) is 2. The van der Waals surface area contributed by atoms with E-state index in [-0.39, 0.29) is 23.9 Å². The van der Waals surface area contributed by atoms with Gasteiger partial charge in [0.1, 0.15) is 11.9 Å². The zero-order chi connectivity index (χ0) is 13.3. The number of hydrogen-bond donors (Lipinski definition) is 3. The fourth-order valence-corrected chi connectivity index (χ4v) is 2.50. The molecule has 1 amide bonds. The summed E-state index contributed by atoms with van der Waals surface area (Å²) in [7, 11) is 0. The van der Waals surface area contributed by atoms with E-state index >= 15 is 0 Å². The van der Waals surface area contributed by atoms with Crippen molar-refractivity contribution in [3.05, 3.63) is 35.6 Å². The van der Waals surface area contributed by atoms with E-state index in [1.54, 1.807) is 6.07 Å². The van der Waals surface area contributed by atoms with Gasteiger partial charge in [0.05, 0.1) is 0 Å². The fourth-order valence-electron chi connectivity index (χ4n) is 2.50. The second-order valence-corrected chi connectivity index (χ2v) is 4.82. The Balaban J connectivity index is 2.24. The van der Waals surface area contributed by atoms with E-state index in [1.807, 2.05) is 19.9 Å².